The number of amides is 1. The van der Waals surface area contributed by atoms with Crippen molar-refractivity contribution in [3.05, 3.63) is 82.6 Å². The Balaban J connectivity index is 1.66. The molecule has 10 heteroatoms. The molecule has 8 nitrogen and oxygen atoms in total. The van der Waals surface area contributed by atoms with E-state index in [0.717, 1.165) is 11.1 Å². The highest BCUT2D eigenvalue weighted by Crippen LogP contribution is 2.46. The summed E-state index contributed by atoms with van der Waals surface area (Å²) in [7, 11) is 0. The number of hydrogen-bond acceptors (Lipinski definition) is 8. The number of nitrogens with zero attached hydrogens (tertiary/aromatic N) is 3. The quantitative estimate of drug-likeness (QED) is 0.133. The Hall–Kier alpha value is -3.95. The average Bonchev–Trinajstić information content (AvgIpc) is 3.47. The molecule has 206 valence electrons. The number of carbonyl (C=O) groups is 2. The first kappa shape index (κ1) is 27.6. The molecule has 1 amide bonds. The number of hydrogen-bond donors (Lipinski definition) is 1. The number of aliphatic hydroxyl groups is 1. The summed E-state index contributed by atoms with van der Waals surface area (Å²) in [5.74, 6) is -0.381. The van der Waals surface area contributed by atoms with E-state index in [1.165, 1.54) is 28.6 Å². The lowest BCUT2D eigenvalue weighted by atomic mass is 9.95. The van der Waals surface area contributed by atoms with Crippen molar-refractivity contribution < 1.29 is 24.2 Å². The first-order valence-electron chi connectivity index (χ1n) is 13.0. The molecular formula is C30H28ClN3O5S. The van der Waals surface area contributed by atoms with Gasteiger partial charge in [-0.15, -0.1) is 0 Å². The number of ether oxygens (including phenoxy) is 2. The Labute approximate surface area is 240 Å². The number of ketones is 1. The lowest BCUT2D eigenvalue weighted by Gasteiger charge is -2.24. The van der Waals surface area contributed by atoms with Gasteiger partial charge in [0.1, 0.15) is 5.76 Å². The monoisotopic (exact) mass is 577 g/mol. The van der Waals surface area contributed by atoms with E-state index in [-0.39, 0.29) is 11.3 Å². The van der Waals surface area contributed by atoms with E-state index in [2.05, 4.69) is 23.8 Å². The SMILES string of the molecule is CCOc1cc(C2C(=C(O)c3ccncc3)C(=O)C(=O)N2c2nc3ccc(Cl)cc3s2)ccc1OCCC(C)C. The van der Waals surface area contributed by atoms with Gasteiger partial charge in [-0.1, -0.05) is 42.9 Å². The molecule has 4 aromatic rings. The minimum atomic E-state index is -0.965. The zero-order valence-corrected chi connectivity index (χ0v) is 23.8. The summed E-state index contributed by atoms with van der Waals surface area (Å²) in [6.07, 6.45) is 3.89. The summed E-state index contributed by atoms with van der Waals surface area (Å²) in [5.41, 5.74) is 1.52. The molecule has 1 fully saturated rings. The van der Waals surface area contributed by atoms with Crippen LogP contribution in [0.3, 0.4) is 0 Å². The van der Waals surface area contributed by atoms with Crippen molar-refractivity contribution in [2.45, 2.75) is 33.2 Å². The first-order chi connectivity index (χ1) is 19.3. The highest BCUT2D eigenvalue weighted by atomic mass is 35.5. The molecule has 1 unspecified atom stereocenters. The number of benzene rings is 2. The molecule has 1 saturated heterocycles. The molecule has 0 bridgehead atoms. The number of Topliss-reactive ketones (excluding diaryl/α,β-unsaturated/α-hetero) is 1. The smallest absolute Gasteiger partial charge is 0.301 e. The molecule has 1 aliphatic rings. The summed E-state index contributed by atoms with van der Waals surface area (Å²) in [6.45, 7) is 7.02. The molecule has 2 aromatic heterocycles. The molecule has 1 atom stereocenters. The number of rotatable bonds is 9. The number of carbonyl (C=O) groups excluding carboxylic acids is 2. The van der Waals surface area contributed by atoms with Crippen LogP contribution in [0, 0.1) is 5.92 Å². The highest BCUT2D eigenvalue weighted by molar-refractivity contribution is 7.22. The second kappa shape index (κ2) is 11.7. The normalized spacial score (nSPS) is 16.7. The fourth-order valence-electron chi connectivity index (χ4n) is 4.49. The number of anilines is 1. The summed E-state index contributed by atoms with van der Waals surface area (Å²) < 4.78 is 12.7. The van der Waals surface area contributed by atoms with Crippen molar-refractivity contribution in [1.29, 1.82) is 0 Å². The van der Waals surface area contributed by atoms with Gasteiger partial charge < -0.3 is 14.6 Å². The van der Waals surface area contributed by atoms with Gasteiger partial charge in [-0.2, -0.15) is 0 Å². The molecule has 0 saturated carbocycles. The van der Waals surface area contributed by atoms with Gasteiger partial charge in [0.25, 0.3) is 5.78 Å². The molecule has 0 spiro atoms. The minimum absolute atomic E-state index is 0.0515. The standard InChI is InChI=1S/C30H28ClN3O5S/c1-4-38-23-15-19(5-8-22(23)39-14-11-17(2)3)26-25(27(35)18-9-12-32-13-10-18)28(36)29(37)34(26)30-33-21-7-6-20(31)16-24(21)40-30/h5-10,12-13,15-17,26,35H,4,11,14H2,1-3H3. The maximum Gasteiger partial charge on any atom is 0.301 e. The van der Waals surface area contributed by atoms with E-state index in [9.17, 15) is 14.7 Å². The van der Waals surface area contributed by atoms with Gasteiger partial charge in [-0.25, -0.2) is 4.98 Å². The van der Waals surface area contributed by atoms with Crippen LogP contribution in [0.15, 0.2) is 66.5 Å². The van der Waals surface area contributed by atoms with Crippen LogP contribution in [-0.4, -0.2) is 40.0 Å². The van der Waals surface area contributed by atoms with Crippen LogP contribution in [-0.2, 0) is 9.59 Å². The summed E-state index contributed by atoms with van der Waals surface area (Å²) in [4.78, 5) is 37.0. The number of thiazole rings is 1. The molecule has 2 aromatic carbocycles. The van der Waals surface area contributed by atoms with E-state index < -0.39 is 17.7 Å². The Morgan fingerprint density at radius 3 is 2.58 bits per heavy atom. The Kier molecular flexibility index (Phi) is 8.04. The van der Waals surface area contributed by atoms with Crippen LogP contribution in [0.1, 0.15) is 44.4 Å². The molecule has 1 N–H and O–H groups in total. The molecule has 5 rings (SSSR count). The predicted octanol–water partition coefficient (Wildman–Crippen LogP) is 6.79. The maximum absolute atomic E-state index is 13.6. The molecular weight excluding hydrogens is 550 g/mol. The molecule has 1 aliphatic heterocycles. The topological polar surface area (TPSA) is 102 Å². The van der Waals surface area contributed by atoms with Gasteiger partial charge in [0.2, 0.25) is 0 Å². The van der Waals surface area contributed by atoms with Crippen molar-refractivity contribution in [2.24, 2.45) is 5.92 Å². The van der Waals surface area contributed by atoms with Gasteiger partial charge in [0, 0.05) is 23.0 Å². The van der Waals surface area contributed by atoms with Crippen LogP contribution in [0.4, 0.5) is 5.13 Å². The van der Waals surface area contributed by atoms with Crippen LogP contribution in [0.2, 0.25) is 5.02 Å². The lowest BCUT2D eigenvalue weighted by Crippen LogP contribution is -2.29. The van der Waals surface area contributed by atoms with Crippen LogP contribution in [0.25, 0.3) is 16.0 Å². The third kappa shape index (κ3) is 5.39. The van der Waals surface area contributed by atoms with E-state index >= 15 is 0 Å². The third-order valence-corrected chi connectivity index (χ3v) is 7.73. The second-order valence-corrected chi connectivity index (χ2v) is 11.1. The van der Waals surface area contributed by atoms with Crippen LogP contribution < -0.4 is 14.4 Å². The minimum Gasteiger partial charge on any atom is -0.507 e. The summed E-state index contributed by atoms with van der Waals surface area (Å²) >= 11 is 7.43. The van der Waals surface area contributed by atoms with Gasteiger partial charge in [0.15, 0.2) is 16.6 Å². The van der Waals surface area contributed by atoms with Gasteiger partial charge in [-0.05, 0) is 67.3 Å². The first-order valence-corrected chi connectivity index (χ1v) is 14.1. The number of pyridine rings is 1. The molecule has 0 radical (unpaired) electrons. The van der Waals surface area contributed by atoms with E-state index in [1.54, 1.807) is 48.5 Å². The van der Waals surface area contributed by atoms with Gasteiger partial charge in [0.05, 0.1) is 35.0 Å². The maximum atomic E-state index is 13.6. The fraction of sp³-hybridized carbons (Fsp3) is 0.267. The predicted molar refractivity (Wildman–Crippen MR) is 156 cm³/mol. The molecule has 0 aliphatic carbocycles. The number of aliphatic hydroxyl groups excluding tert-OH is 1. The van der Waals surface area contributed by atoms with Crippen molar-refractivity contribution in [2.75, 3.05) is 18.1 Å². The zero-order valence-electron chi connectivity index (χ0n) is 22.3. The van der Waals surface area contributed by atoms with Gasteiger partial charge in [-0.3, -0.25) is 19.5 Å². The fourth-order valence-corrected chi connectivity index (χ4v) is 5.76. The van der Waals surface area contributed by atoms with Gasteiger partial charge >= 0.3 is 5.91 Å². The van der Waals surface area contributed by atoms with E-state index in [4.69, 9.17) is 21.1 Å². The van der Waals surface area contributed by atoms with Crippen molar-refractivity contribution in [1.82, 2.24) is 9.97 Å². The second-order valence-electron chi connectivity index (χ2n) is 9.68. The van der Waals surface area contributed by atoms with Crippen molar-refractivity contribution in [3.63, 3.8) is 0 Å². The Bertz CT molecular complexity index is 1600. The zero-order chi connectivity index (χ0) is 28.4. The summed E-state index contributed by atoms with van der Waals surface area (Å²) in [6, 6.07) is 12.7. The number of aromatic nitrogens is 2. The number of halogens is 1. The molecule has 40 heavy (non-hydrogen) atoms. The van der Waals surface area contributed by atoms with E-state index in [0.29, 0.717) is 57.4 Å². The Morgan fingerprint density at radius 2 is 1.85 bits per heavy atom. The molecule has 3 heterocycles. The Morgan fingerprint density at radius 1 is 1.07 bits per heavy atom. The number of fused-ring (bicyclic) bond motifs is 1. The lowest BCUT2D eigenvalue weighted by molar-refractivity contribution is -0.132. The highest BCUT2D eigenvalue weighted by Gasteiger charge is 2.48. The summed E-state index contributed by atoms with van der Waals surface area (Å²) in [5, 5.41) is 12.2. The van der Waals surface area contributed by atoms with E-state index in [1.807, 2.05) is 6.92 Å². The van der Waals surface area contributed by atoms with Crippen molar-refractivity contribution in [3.8, 4) is 11.5 Å². The average molecular weight is 578 g/mol. The van der Waals surface area contributed by atoms with Crippen molar-refractivity contribution >= 4 is 55.7 Å². The van der Waals surface area contributed by atoms with Crippen LogP contribution in [0.5, 0.6) is 11.5 Å². The van der Waals surface area contributed by atoms with Crippen LogP contribution >= 0.6 is 22.9 Å². The third-order valence-electron chi connectivity index (χ3n) is 6.48. The largest absolute Gasteiger partial charge is 0.507 e.